The summed E-state index contributed by atoms with van der Waals surface area (Å²) in [6, 6.07) is 10.7. The second-order valence-corrected chi connectivity index (χ2v) is 10.8. The zero-order valence-corrected chi connectivity index (χ0v) is 22.9. The Kier molecular flexibility index (Phi) is 7.40. The lowest BCUT2D eigenvalue weighted by Crippen LogP contribution is -2.61. The molecule has 0 atom stereocenters. The van der Waals surface area contributed by atoms with Crippen LogP contribution in [0.15, 0.2) is 41.5 Å². The van der Waals surface area contributed by atoms with Crippen molar-refractivity contribution >= 4 is 23.2 Å². The van der Waals surface area contributed by atoms with E-state index in [1.165, 1.54) is 11.8 Å². The molecule has 0 radical (unpaired) electrons. The zero-order valence-electron chi connectivity index (χ0n) is 22.9. The first kappa shape index (κ1) is 26.2. The Morgan fingerprint density at radius 1 is 1.13 bits per heavy atom. The molecule has 0 aliphatic carbocycles. The monoisotopic (exact) mass is 516 g/mol. The summed E-state index contributed by atoms with van der Waals surface area (Å²) in [5.41, 5.74) is 11.7. The molecule has 0 unspecified atom stereocenters. The maximum absolute atomic E-state index is 14.9. The quantitative estimate of drug-likeness (QED) is 0.352. The topological polar surface area (TPSA) is 95.6 Å². The maximum Gasteiger partial charge on any atom is 0.229 e. The van der Waals surface area contributed by atoms with Crippen LogP contribution in [-0.4, -0.2) is 69.2 Å². The number of rotatable bonds is 7. The van der Waals surface area contributed by atoms with Gasteiger partial charge >= 0.3 is 0 Å². The van der Waals surface area contributed by atoms with Gasteiger partial charge in [-0.2, -0.15) is 0 Å². The Balaban J connectivity index is 1.33. The molecule has 2 aliphatic heterocycles. The van der Waals surface area contributed by atoms with Gasteiger partial charge in [-0.25, -0.2) is 19.3 Å². The largest absolute Gasteiger partial charge is 0.398 e. The molecule has 3 N–H and O–H groups in total. The summed E-state index contributed by atoms with van der Waals surface area (Å²) in [4.78, 5) is 23.0. The summed E-state index contributed by atoms with van der Waals surface area (Å²) in [7, 11) is 1.74. The van der Waals surface area contributed by atoms with Crippen LogP contribution >= 0.6 is 0 Å². The van der Waals surface area contributed by atoms with Crippen molar-refractivity contribution in [2.24, 2.45) is 10.9 Å². The fourth-order valence-corrected chi connectivity index (χ4v) is 5.32. The zero-order chi connectivity index (χ0) is 27.0. The molecule has 0 bridgehead atoms. The Morgan fingerprint density at radius 3 is 2.63 bits per heavy atom. The van der Waals surface area contributed by atoms with Gasteiger partial charge in [-0.15, -0.1) is 0 Å². The van der Waals surface area contributed by atoms with Gasteiger partial charge < -0.3 is 11.1 Å². The number of pyridine rings is 1. The molecule has 38 heavy (non-hydrogen) atoms. The van der Waals surface area contributed by atoms with Crippen LogP contribution in [-0.2, 0) is 13.0 Å². The molecule has 0 saturated carbocycles. The fourth-order valence-electron chi connectivity index (χ4n) is 5.32. The number of anilines is 3. The average molecular weight is 517 g/mol. The molecule has 2 aromatic heterocycles. The number of aromatic nitrogens is 3. The molecule has 0 amide bonds. The number of likely N-dealkylation sites (tertiary alicyclic amines) is 1. The van der Waals surface area contributed by atoms with Gasteiger partial charge in [0.2, 0.25) is 5.95 Å². The number of nitrogen functional groups attached to an aromatic ring is 1. The van der Waals surface area contributed by atoms with Crippen molar-refractivity contribution in [1.82, 2.24) is 24.8 Å². The highest BCUT2D eigenvalue weighted by Crippen LogP contribution is 2.29. The van der Waals surface area contributed by atoms with E-state index in [9.17, 15) is 4.39 Å². The van der Waals surface area contributed by atoms with Gasteiger partial charge in [-0.3, -0.25) is 14.8 Å². The van der Waals surface area contributed by atoms with Gasteiger partial charge in [0.1, 0.15) is 11.5 Å². The van der Waals surface area contributed by atoms with Crippen LogP contribution in [0.2, 0.25) is 0 Å². The predicted octanol–water partition coefficient (Wildman–Crippen LogP) is 4.53. The molecule has 200 valence electrons. The summed E-state index contributed by atoms with van der Waals surface area (Å²) in [5, 5.41) is 3.18. The minimum absolute atomic E-state index is 0.177. The van der Waals surface area contributed by atoms with E-state index in [4.69, 9.17) is 10.7 Å². The third kappa shape index (κ3) is 5.26. The van der Waals surface area contributed by atoms with Crippen molar-refractivity contribution in [1.29, 1.82) is 0 Å². The van der Waals surface area contributed by atoms with E-state index in [1.807, 2.05) is 12.1 Å². The van der Waals surface area contributed by atoms with Crippen LogP contribution in [0.3, 0.4) is 0 Å². The van der Waals surface area contributed by atoms with Crippen LogP contribution in [0.4, 0.5) is 21.8 Å². The van der Waals surface area contributed by atoms with Crippen molar-refractivity contribution < 1.29 is 4.39 Å². The van der Waals surface area contributed by atoms with Crippen molar-refractivity contribution in [2.45, 2.75) is 52.7 Å². The number of halogens is 1. The van der Waals surface area contributed by atoms with E-state index in [0.717, 1.165) is 49.6 Å². The molecule has 3 aromatic rings. The molecule has 8 nitrogen and oxygen atoms in total. The minimum atomic E-state index is -0.503. The molecule has 1 fully saturated rings. The molecule has 1 saturated heterocycles. The second-order valence-electron chi connectivity index (χ2n) is 10.8. The number of hydrogen-bond donors (Lipinski definition) is 2. The highest BCUT2D eigenvalue weighted by molar-refractivity contribution is 6.06. The second kappa shape index (κ2) is 10.7. The molecule has 1 aromatic carbocycles. The van der Waals surface area contributed by atoms with Crippen LogP contribution in [0.25, 0.3) is 11.3 Å². The summed E-state index contributed by atoms with van der Waals surface area (Å²) >= 11 is 0. The third-order valence-electron chi connectivity index (χ3n) is 7.59. The predicted molar refractivity (Wildman–Crippen MR) is 151 cm³/mol. The SMILES string of the molecule is CN=C(c1cc(-c2nc(Nc3ccc4c(n3)CCN(C3CN(C(C)C)C3)C4)ncc2F)ccc1N)C(C)C. The van der Waals surface area contributed by atoms with Gasteiger partial charge in [-0.05, 0) is 43.5 Å². The number of aliphatic imine (C=N–C) groups is 1. The highest BCUT2D eigenvalue weighted by Gasteiger charge is 2.34. The van der Waals surface area contributed by atoms with Crippen molar-refractivity contribution in [2.75, 3.05) is 37.7 Å². The molecular weight excluding hydrogens is 479 g/mol. The summed E-state index contributed by atoms with van der Waals surface area (Å²) in [5.74, 6) is 0.621. The van der Waals surface area contributed by atoms with Crippen LogP contribution in [0.1, 0.15) is 44.5 Å². The molecule has 0 spiro atoms. The van der Waals surface area contributed by atoms with E-state index in [1.54, 1.807) is 19.2 Å². The van der Waals surface area contributed by atoms with Crippen molar-refractivity contribution in [3.8, 4) is 11.3 Å². The Morgan fingerprint density at radius 2 is 1.92 bits per heavy atom. The molecule has 9 heteroatoms. The van der Waals surface area contributed by atoms with Gasteiger partial charge in [-0.1, -0.05) is 26.0 Å². The first-order valence-electron chi connectivity index (χ1n) is 13.4. The standard InChI is InChI=1S/C29H37FN8/c1-17(2)27(32-5)22-12-19(6-8-24(22)31)28-23(30)13-33-29(36-28)35-26-9-7-20-14-37(11-10-25(20)34-26)21-15-38(16-21)18(3)4/h6-9,12-13,17-18,21H,10-11,14-16,31H2,1-5H3,(H,33,34,35,36). The maximum atomic E-state index is 14.9. The highest BCUT2D eigenvalue weighted by atomic mass is 19.1. The Bertz CT molecular complexity index is 1350. The lowest BCUT2D eigenvalue weighted by molar-refractivity contribution is 0.00685. The lowest BCUT2D eigenvalue weighted by atomic mass is 9.95. The van der Waals surface area contributed by atoms with E-state index >= 15 is 0 Å². The lowest BCUT2D eigenvalue weighted by Gasteiger charge is -2.48. The van der Waals surface area contributed by atoms with Crippen molar-refractivity contribution in [3.63, 3.8) is 0 Å². The minimum Gasteiger partial charge on any atom is -0.398 e. The number of benzene rings is 1. The smallest absolute Gasteiger partial charge is 0.229 e. The van der Waals surface area contributed by atoms with Crippen molar-refractivity contribution in [3.05, 3.63) is 59.2 Å². The fraction of sp³-hybridized carbons (Fsp3) is 0.448. The van der Waals surface area contributed by atoms with Crippen LogP contribution < -0.4 is 11.1 Å². The summed E-state index contributed by atoms with van der Waals surface area (Å²) in [6.07, 6.45) is 2.09. The molecule has 2 aliphatic rings. The van der Waals surface area contributed by atoms with Gasteiger partial charge in [0, 0.05) is 80.0 Å². The Hall–Kier alpha value is -3.43. The number of nitrogens with two attached hydrogens (primary N) is 1. The van der Waals surface area contributed by atoms with Crippen LogP contribution in [0, 0.1) is 11.7 Å². The summed E-state index contributed by atoms with van der Waals surface area (Å²) < 4.78 is 14.9. The van der Waals surface area contributed by atoms with E-state index in [2.05, 4.69) is 63.8 Å². The summed E-state index contributed by atoms with van der Waals surface area (Å²) in [6.45, 7) is 12.8. The number of fused-ring (bicyclic) bond motifs is 1. The third-order valence-corrected chi connectivity index (χ3v) is 7.59. The van der Waals surface area contributed by atoms with E-state index in [-0.39, 0.29) is 11.6 Å². The normalized spacial score (nSPS) is 17.1. The average Bonchev–Trinajstić information content (AvgIpc) is 2.85. The molecule has 4 heterocycles. The number of nitrogens with one attached hydrogen (secondary N) is 1. The van der Waals surface area contributed by atoms with Crippen LogP contribution in [0.5, 0.6) is 0 Å². The first-order valence-corrected chi connectivity index (χ1v) is 13.4. The molecular formula is C29H37FN8. The van der Waals surface area contributed by atoms with Gasteiger partial charge in [0.25, 0.3) is 0 Å². The van der Waals surface area contributed by atoms with E-state index in [0.29, 0.717) is 35.1 Å². The first-order chi connectivity index (χ1) is 18.2. The number of hydrogen-bond acceptors (Lipinski definition) is 8. The van der Waals surface area contributed by atoms with E-state index < -0.39 is 5.82 Å². The van der Waals surface area contributed by atoms with Gasteiger partial charge in [0.05, 0.1) is 6.20 Å². The molecule has 5 rings (SSSR count). The Labute approximate surface area is 224 Å². The number of nitrogens with zero attached hydrogens (tertiary/aromatic N) is 6. The van der Waals surface area contributed by atoms with Gasteiger partial charge in [0.15, 0.2) is 5.82 Å².